The molecule has 3 nitrogen and oxygen atoms in total. The zero-order chi connectivity index (χ0) is 23.8. The lowest BCUT2D eigenvalue weighted by Gasteiger charge is -2.09. The molecule has 0 aromatic heterocycles. The smallest absolute Gasteiger partial charge is 0.251 e. The van der Waals surface area contributed by atoms with Gasteiger partial charge in [-0.25, -0.2) is 13.2 Å². The average Bonchev–Trinajstić information content (AvgIpc) is 2.86. The predicted molar refractivity (Wildman–Crippen MR) is 126 cm³/mol. The molecule has 3 aromatic rings. The normalized spacial score (nSPS) is 9.00. The van der Waals surface area contributed by atoms with Crippen molar-refractivity contribution in [2.45, 2.75) is 26.9 Å². The summed E-state index contributed by atoms with van der Waals surface area (Å²) in [5, 5.41) is 2.83. The van der Waals surface area contributed by atoms with Gasteiger partial charge < -0.3 is 5.32 Å². The monoisotopic (exact) mass is 491 g/mol. The van der Waals surface area contributed by atoms with Gasteiger partial charge in [0, 0.05) is 18.1 Å². The molecule has 0 radical (unpaired) electrons. The average molecular weight is 492 g/mol. The maximum atomic E-state index is 12.9. The lowest BCUT2D eigenvalue weighted by Crippen LogP contribution is -2.26. The molecule has 0 heterocycles. The van der Waals surface area contributed by atoms with E-state index in [9.17, 15) is 22.5 Å². The minimum absolute atomic E-state index is 0. The molecule has 0 bridgehead atoms. The number of carbonyl (C=O) groups excluding carboxylic acids is 1. The first-order valence-corrected chi connectivity index (χ1v) is 10.1. The summed E-state index contributed by atoms with van der Waals surface area (Å²) in [5.41, 5.74) is 3.80. The van der Waals surface area contributed by atoms with E-state index in [1.165, 1.54) is 0 Å². The Kier molecular flexibility index (Phi) is 18.3. The number of rotatable bonds is 7. The molecule has 0 spiro atoms. The van der Waals surface area contributed by atoms with Crippen LogP contribution in [0.5, 0.6) is 5.75 Å². The molecule has 1 N–H and O–H groups in total. The molecular formula is C25H31F6NO2. The molecule has 1 amide bonds. The number of nitrogens with one attached hydrogen (secondary N) is 1. The number of amides is 1. The predicted octanol–water partition coefficient (Wildman–Crippen LogP) is 7.52. The number of alkyl halides is 3. The molecule has 0 aliphatic heterocycles. The molecule has 34 heavy (non-hydrogen) atoms. The van der Waals surface area contributed by atoms with Crippen molar-refractivity contribution in [2.24, 2.45) is 0 Å². The summed E-state index contributed by atoms with van der Waals surface area (Å²) < 4.78 is 44.3. The van der Waals surface area contributed by atoms with Crippen molar-refractivity contribution in [1.29, 1.82) is 0 Å². The number of halogens is 6. The van der Waals surface area contributed by atoms with E-state index in [1.54, 1.807) is 48.5 Å². The van der Waals surface area contributed by atoms with Gasteiger partial charge >= 0.3 is 0 Å². The van der Waals surface area contributed by atoms with Gasteiger partial charge in [-0.1, -0.05) is 68.4 Å². The molecule has 0 aliphatic rings. The molecule has 9 heteroatoms. The molecule has 0 atom stereocenters. The highest BCUT2D eigenvalue weighted by molar-refractivity contribution is 5.95. The highest BCUT2D eigenvalue weighted by Gasteiger charge is 2.10. The van der Waals surface area contributed by atoms with Crippen LogP contribution in [0.25, 0.3) is 11.1 Å². The summed E-state index contributed by atoms with van der Waals surface area (Å²) >= 11 is 0. The van der Waals surface area contributed by atoms with Crippen LogP contribution in [0.3, 0.4) is 0 Å². The van der Waals surface area contributed by atoms with Crippen LogP contribution < -0.4 is 10.3 Å². The number of carbonyl (C=O) groups is 1. The Morgan fingerprint density at radius 3 is 1.85 bits per heavy atom. The Balaban J connectivity index is -0.00000119. The lowest BCUT2D eigenvalue weighted by molar-refractivity contribution is -0.00618. The summed E-state index contributed by atoms with van der Waals surface area (Å²) in [6, 6.07) is 21.3. The second kappa shape index (κ2) is 19.0. The van der Waals surface area contributed by atoms with Gasteiger partial charge in [-0.3, -0.25) is 19.1 Å². The Labute approximate surface area is 196 Å². The van der Waals surface area contributed by atoms with Gasteiger partial charge in [-0.15, -0.1) is 0 Å². The van der Waals surface area contributed by atoms with E-state index in [4.69, 9.17) is 0 Å². The third kappa shape index (κ3) is 10.4. The van der Waals surface area contributed by atoms with Gasteiger partial charge in [0.2, 0.25) is 6.93 Å². The highest BCUT2D eigenvalue weighted by Crippen LogP contribution is 2.23. The maximum absolute atomic E-state index is 12.9. The first-order valence-electron chi connectivity index (χ1n) is 10.1. The van der Waals surface area contributed by atoms with E-state index < -0.39 is 13.6 Å². The SMILES string of the molecule is CC.F.F.FCF.O=C(NCCc1ccc(-c2ccc(OF)cc2)cc1)c1ccccc1CF.[HH]. The molecule has 0 unspecified atom stereocenters. The molecule has 3 rings (SSSR count). The van der Waals surface area contributed by atoms with Gasteiger partial charge in [0.05, 0.1) is 0 Å². The van der Waals surface area contributed by atoms with Crippen molar-refractivity contribution < 1.29 is 38.3 Å². The van der Waals surface area contributed by atoms with Gasteiger partial charge in [-0.2, -0.15) is 0 Å². The zero-order valence-electron chi connectivity index (χ0n) is 18.9. The summed E-state index contributed by atoms with van der Waals surface area (Å²) in [7, 11) is 0. The van der Waals surface area contributed by atoms with E-state index in [-0.39, 0.29) is 22.5 Å². The van der Waals surface area contributed by atoms with E-state index in [0.717, 1.165) is 16.7 Å². The topological polar surface area (TPSA) is 38.3 Å². The van der Waals surface area contributed by atoms with Crippen molar-refractivity contribution in [1.82, 2.24) is 5.32 Å². The molecule has 0 fully saturated rings. The summed E-state index contributed by atoms with van der Waals surface area (Å²) in [5.74, 6) is -0.101. The van der Waals surface area contributed by atoms with E-state index >= 15 is 0 Å². The highest BCUT2D eigenvalue weighted by atomic mass is 19.3. The molecule has 0 saturated carbocycles. The fraction of sp³-hybridized carbons (Fsp3) is 0.240. The quantitative estimate of drug-likeness (QED) is 0.347. The van der Waals surface area contributed by atoms with Gasteiger partial charge in [-0.05, 0) is 46.9 Å². The van der Waals surface area contributed by atoms with Crippen LogP contribution in [0.15, 0.2) is 72.8 Å². The van der Waals surface area contributed by atoms with Gasteiger partial charge in [0.15, 0.2) is 5.75 Å². The second-order valence-corrected chi connectivity index (χ2v) is 6.20. The lowest BCUT2D eigenvalue weighted by atomic mass is 10.0. The summed E-state index contributed by atoms with van der Waals surface area (Å²) in [6.45, 7) is 2.05. The van der Waals surface area contributed by atoms with Crippen LogP contribution in [-0.2, 0) is 13.1 Å². The van der Waals surface area contributed by atoms with Crippen molar-refractivity contribution in [3.8, 4) is 16.9 Å². The number of hydrogen-bond acceptors (Lipinski definition) is 2. The van der Waals surface area contributed by atoms with Crippen LogP contribution in [0, 0.1) is 0 Å². The van der Waals surface area contributed by atoms with Crippen LogP contribution >= 0.6 is 0 Å². The largest absolute Gasteiger partial charge is 0.352 e. The minimum Gasteiger partial charge on any atom is -0.352 e. The van der Waals surface area contributed by atoms with Crippen molar-refractivity contribution >= 4 is 5.91 Å². The van der Waals surface area contributed by atoms with Crippen molar-refractivity contribution in [3.63, 3.8) is 0 Å². The third-order valence-electron chi connectivity index (χ3n) is 4.34. The van der Waals surface area contributed by atoms with E-state index in [1.807, 2.05) is 38.1 Å². The fourth-order valence-corrected chi connectivity index (χ4v) is 2.84. The Morgan fingerprint density at radius 1 is 0.853 bits per heavy atom. The molecular weight excluding hydrogens is 460 g/mol. The van der Waals surface area contributed by atoms with Crippen LogP contribution in [0.2, 0.25) is 0 Å². The van der Waals surface area contributed by atoms with Gasteiger partial charge in [0.1, 0.15) is 6.67 Å². The van der Waals surface area contributed by atoms with Crippen LogP contribution in [0.4, 0.5) is 27.1 Å². The minimum atomic E-state index is -1.75. The number of benzene rings is 3. The van der Waals surface area contributed by atoms with Crippen LogP contribution in [0.1, 0.15) is 36.8 Å². The third-order valence-corrected chi connectivity index (χ3v) is 4.34. The van der Waals surface area contributed by atoms with E-state index in [2.05, 4.69) is 10.3 Å². The second-order valence-electron chi connectivity index (χ2n) is 6.20. The molecule has 0 aliphatic carbocycles. The Bertz CT molecular complexity index is 928. The summed E-state index contributed by atoms with van der Waals surface area (Å²) in [4.78, 5) is 15.9. The van der Waals surface area contributed by atoms with Crippen molar-refractivity contribution in [3.05, 3.63) is 89.5 Å². The van der Waals surface area contributed by atoms with Gasteiger partial charge in [0.25, 0.3) is 5.91 Å². The molecule has 0 saturated heterocycles. The van der Waals surface area contributed by atoms with Crippen molar-refractivity contribution in [2.75, 3.05) is 13.5 Å². The zero-order valence-corrected chi connectivity index (χ0v) is 18.9. The number of hydrogen-bond donors (Lipinski definition) is 1. The van der Waals surface area contributed by atoms with Crippen LogP contribution in [-0.4, -0.2) is 19.4 Å². The Morgan fingerprint density at radius 2 is 1.35 bits per heavy atom. The first-order chi connectivity index (χ1) is 15.6. The maximum Gasteiger partial charge on any atom is 0.251 e. The standard InChI is InChI=1S/C22H19F2NO2.C2H6.CH2F2.2FH.H2/c23-15-19-3-1-2-4-21(19)22(26)25-14-13-16-5-7-17(8-6-16)18-9-11-20(27-24)12-10-18;1-2;2-1-3;;;/h1-12H,13-15H2,(H,25,26);1-2H3;1H2;3*1H. The first kappa shape index (κ1) is 32.7. The van der Waals surface area contributed by atoms with E-state index in [0.29, 0.717) is 24.1 Å². The molecule has 190 valence electrons. The summed E-state index contributed by atoms with van der Waals surface area (Å²) in [6.07, 6.45) is 0.665. The molecule has 3 aromatic carbocycles. The Hall–Kier alpha value is -3.49. The fourth-order valence-electron chi connectivity index (χ4n) is 2.84.